The molecule has 0 bridgehead atoms. The summed E-state index contributed by atoms with van der Waals surface area (Å²) >= 11 is 5.37. The second-order valence-corrected chi connectivity index (χ2v) is 7.37. The third-order valence-electron chi connectivity index (χ3n) is 4.98. The molecule has 0 radical (unpaired) electrons. The molecule has 10 heteroatoms. The maximum absolute atomic E-state index is 12.6. The van der Waals surface area contributed by atoms with Crippen molar-refractivity contribution in [3.8, 4) is 5.75 Å². The van der Waals surface area contributed by atoms with Crippen LogP contribution >= 0.6 is 12.2 Å². The minimum absolute atomic E-state index is 0.0673. The Balaban J connectivity index is 1.61. The molecule has 2 saturated heterocycles. The van der Waals surface area contributed by atoms with E-state index >= 15 is 0 Å². The van der Waals surface area contributed by atoms with Gasteiger partial charge in [-0.2, -0.15) is 0 Å². The van der Waals surface area contributed by atoms with Gasteiger partial charge in [0.25, 0.3) is 5.91 Å². The Labute approximate surface area is 180 Å². The molecule has 1 aromatic carbocycles. The lowest BCUT2D eigenvalue weighted by Crippen LogP contribution is -2.60. The zero-order valence-corrected chi connectivity index (χ0v) is 17.5. The van der Waals surface area contributed by atoms with Crippen LogP contribution in [0.1, 0.15) is 29.6 Å². The zero-order valence-electron chi connectivity index (χ0n) is 16.7. The number of amides is 2. The number of para-hydroxylation sites is 1. The van der Waals surface area contributed by atoms with Crippen LogP contribution in [0, 0.1) is 0 Å². The van der Waals surface area contributed by atoms with Crippen LogP contribution in [-0.4, -0.2) is 73.4 Å². The van der Waals surface area contributed by atoms with Gasteiger partial charge in [0.1, 0.15) is 18.4 Å². The van der Waals surface area contributed by atoms with E-state index in [1.165, 1.54) is 12.0 Å². The first-order chi connectivity index (χ1) is 14.5. The summed E-state index contributed by atoms with van der Waals surface area (Å²) in [6.07, 6.45) is 1.53. The molecular formula is C20H25N3O6S. The molecule has 2 N–H and O–H groups in total. The topological polar surface area (TPSA) is 106 Å². The van der Waals surface area contributed by atoms with Gasteiger partial charge in [-0.3, -0.25) is 19.7 Å². The van der Waals surface area contributed by atoms with Crippen molar-refractivity contribution in [2.24, 2.45) is 0 Å². The zero-order chi connectivity index (χ0) is 21.5. The number of hydrogen-bond acceptors (Lipinski definition) is 7. The Hall–Kier alpha value is -2.72. The average molecular weight is 436 g/mol. The first-order valence-electron chi connectivity index (χ1n) is 9.79. The number of ether oxygens (including phenoxy) is 3. The summed E-state index contributed by atoms with van der Waals surface area (Å²) < 4.78 is 15.9. The Kier molecular flexibility index (Phi) is 7.58. The number of hydrogen-bond donors (Lipinski definition) is 2. The molecular weight excluding hydrogens is 410 g/mol. The predicted octanol–water partition coefficient (Wildman–Crippen LogP) is 0.623. The summed E-state index contributed by atoms with van der Waals surface area (Å²) in [5.74, 6) is -0.910. The van der Waals surface area contributed by atoms with Gasteiger partial charge in [-0.05, 0) is 37.2 Å². The third kappa shape index (κ3) is 5.45. The first-order valence-corrected chi connectivity index (χ1v) is 10.2. The van der Waals surface area contributed by atoms with Gasteiger partial charge in [-0.1, -0.05) is 12.1 Å². The van der Waals surface area contributed by atoms with Gasteiger partial charge in [0.15, 0.2) is 5.11 Å². The van der Waals surface area contributed by atoms with Crippen LogP contribution in [0.3, 0.4) is 0 Å². The van der Waals surface area contributed by atoms with Crippen LogP contribution in [0.5, 0.6) is 5.75 Å². The molecule has 9 nitrogen and oxygen atoms in total. The lowest BCUT2D eigenvalue weighted by atomic mass is 10.1. The van der Waals surface area contributed by atoms with E-state index in [1.807, 2.05) is 0 Å². The Morgan fingerprint density at radius 1 is 1.37 bits per heavy atom. The summed E-state index contributed by atoms with van der Waals surface area (Å²) in [6.45, 7) is 1.55. The van der Waals surface area contributed by atoms with Gasteiger partial charge < -0.3 is 24.4 Å². The number of piperazine rings is 1. The van der Waals surface area contributed by atoms with Crippen LogP contribution in [0.4, 0.5) is 0 Å². The van der Waals surface area contributed by atoms with Gasteiger partial charge in [0, 0.05) is 19.7 Å². The Morgan fingerprint density at radius 3 is 2.90 bits per heavy atom. The maximum Gasteiger partial charge on any atom is 0.308 e. The quantitative estimate of drug-likeness (QED) is 0.495. The molecule has 0 aliphatic carbocycles. The summed E-state index contributed by atoms with van der Waals surface area (Å²) in [4.78, 5) is 38.8. The number of methoxy groups -OCH3 is 1. The fourth-order valence-corrected chi connectivity index (χ4v) is 3.72. The Morgan fingerprint density at radius 2 is 2.17 bits per heavy atom. The maximum atomic E-state index is 12.6. The van der Waals surface area contributed by atoms with Crippen LogP contribution in [0.2, 0.25) is 0 Å². The highest BCUT2D eigenvalue weighted by Crippen LogP contribution is 2.18. The molecule has 2 amide bonds. The minimum atomic E-state index is -0.860. The molecule has 2 aliphatic rings. The van der Waals surface area contributed by atoms with Crippen LogP contribution < -0.4 is 15.4 Å². The largest absolute Gasteiger partial charge is 0.496 e. The van der Waals surface area contributed by atoms with E-state index < -0.39 is 17.9 Å². The number of carbonyl (C=O) groups is 3. The lowest BCUT2D eigenvalue weighted by Gasteiger charge is -2.36. The highest BCUT2D eigenvalue weighted by atomic mass is 32.1. The van der Waals surface area contributed by atoms with E-state index in [0.29, 0.717) is 31.0 Å². The van der Waals surface area contributed by atoms with Crippen molar-refractivity contribution < 1.29 is 28.6 Å². The number of nitrogens with one attached hydrogen (secondary N) is 2. The van der Waals surface area contributed by atoms with Gasteiger partial charge in [-0.25, -0.2) is 0 Å². The second kappa shape index (κ2) is 10.4. The fourth-order valence-electron chi connectivity index (χ4n) is 3.41. The number of thiocarbonyl (C=S) groups is 1. The van der Waals surface area contributed by atoms with E-state index in [0.717, 1.165) is 12.8 Å². The van der Waals surface area contributed by atoms with E-state index in [-0.39, 0.29) is 30.2 Å². The van der Waals surface area contributed by atoms with E-state index in [4.69, 9.17) is 26.4 Å². The van der Waals surface area contributed by atoms with Crippen LogP contribution in [0.25, 0.3) is 0 Å². The minimum Gasteiger partial charge on any atom is -0.496 e. The van der Waals surface area contributed by atoms with Crippen molar-refractivity contribution in [1.82, 2.24) is 15.5 Å². The van der Waals surface area contributed by atoms with Crippen molar-refractivity contribution in [1.29, 1.82) is 0 Å². The molecule has 0 aromatic heterocycles. The molecule has 30 heavy (non-hydrogen) atoms. The number of carbonyl (C=O) groups excluding carboxylic acids is 3. The van der Waals surface area contributed by atoms with Crippen LogP contribution in [-0.2, 0) is 19.1 Å². The Bertz CT molecular complexity index is 811. The SMILES string of the molecule is COc1ccccc1C(=O)NC(=S)N1CCNC(=O)[C@H]1CC(=O)OC[C@@H]1CCCO1. The lowest BCUT2D eigenvalue weighted by molar-refractivity contribution is -0.150. The number of esters is 1. The highest BCUT2D eigenvalue weighted by molar-refractivity contribution is 7.80. The average Bonchev–Trinajstić information content (AvgIpc) is 3.27. The van der Waals surface area contributed by atoms with Crippen molar-refractivity contribution in [3.05, 3.63) is 29.8 Å². The predicted molar refractivity (Wildman–Crippen MR) is 111 cm³/mol. The van der Waals surface area contributed by atoms with E-state index in [2.05, 4.69) is 10.6 Å². The monoisotopic (exact) mass is 435 g/mol. The standard InChI is InChI=1S/C20H25N3O6S/c1-27-16-7-3-2-6-14(16)18(25)22-20(30)23-9-8-21-19(26)15(23)11-17(24)29-12-13-5-4-10-28-13/h2-3,6-7,13,15H,4-5,8-12H2,1H3,(H,21,26)(H,22,25,30)/t13-,15+/m0/s1. The fraction of sp³-hybridized carbons (Fsp3) is 0.500. The van der Waals surface area contributed by atoms with Crippen molar-refractivity contribution in [2.45, 2.75) is 31.4 Å². The van der Waals surface area contributed by atoms with Gasteiger partial charge in [0.05, 0.1) is 25.2 Å². The van der Waals surface area contributed by atoms with E-state index in [9.17, 15) is 14.4 Å². The summed E-state index contributed by atoms with van der Waals surface area (Å²) in [6, 6.07) is 5.88. The molecule has 0 spiro atoms. The third-order valence-corrected chi connectivity index (χ3v) is 5.31. The van der Waals surface area contributed by atoms with Gasteiger partial charge in [-0.15, -0.1) is 0 Å². The van der Waals surface area contributed by atoms with Gasteiger partial charge in [0.2, 0.25) is 5.91 Å². The normalized spacial score (nSPS) is 21.0. The molecule has 1 aromatic rings. The molecule has 2 heterocycles. The van der Waals surface area contributed by atoms with Crippen molar-refractivity contribution in [2.75, 3.05) is 33.4 Å². The molecule has 162 valence electrons. The van der Waals surface area contributed by atoms with Crippen molar-refractivity contribution >= 4 is 35.1 Å². The van der Waals surface area contributed by atoms with Gasteiger partial charge >= 0.3 is 5.97 Å². The molecule has 0 saturated carbocycles. The summed E-state index contributed by atoms with van der Waals surface area (Å²) in [7, 11) is 1.47. The first kappa shape index (κ1) is 22.0. The summed E-state index contributed by atoms with van der Waals surface area (Å²) in [5, 5.41) is 5.41. The van der Waals surface area contributed by atoms with Crippen molar-refractivity contribution in [3.63, 3.8) is 0 Å². The number of nitrogens with zero attached hydrogens (tertiary/aromatic N) is 1. The number of rotatable bonds is 6. The van der Waals surface area contributed by atoms with Crippen LogP contribution in [0.15, 0.2) is 24.3 Å². The molecule has 0 unspecified atom stereocenters. The molecule has 2 atom stereocenters. The number of benzene rings is 1. The summed E-state index contributed by atoms with van der Waals surface area (Å²) in [5.41, 5.74) is 0.316. The van der Waals surface area contributed by atoms with E-state index in [1.54, 1.807) is 24.3 Å². The molecule has 3 rings (SSSR count). The molecule has 2 fully saturated rings. The molecule has 2 aliphatic heterocycles. The second-order valence-electron chi connectivity index (χ2n) is 6.98. The highest BCUT2D eigenvalue weighted by Gasteiger charge is 2.34. The smallest absolute Gasteiger partial charge is 0.308 e.